The number of fused-ring (bicyclic) bond motifs is 1. The number of aliphatic hydroxyl groups is 1. The zero-order valence-corrected chi connectivity index (χ0v) is 18.1. The summed E-state index contributed by atoms with van der Waals surface area (Å²) >= 11 is 0. The van der Waals surface area contributed by atoms with Gasteiger partial charge < -0.3 is 15.1 Å². The normalized spacial score (nSPS) is 15.5. The monoisotopic (exact) mass is 463 g/mol. The minimum atomic E-state index is -1.18. The zero-order chi connectivity index (χ0) is 23.9. The first kappa shape index (κ1) is 21.8. The largest absolute Gasteiger partial charge is 0.508 e. The second kappa shape index (κ2) is 8.38. The maximum absolute atomic E-state index is 13.1. The number of phenols is 1. The number of halogens is 1. The third-order valence-corrected chi connectivity index (χ3v) is 6.17. The SMILES string of the molecule is O=C(c1ccc(F)cc1)N1CCC(O)(Cn2cnc3c(cnn3-c3cccc(O)c3)c2=O)CC1. The van der Waals surface area contributed by atoms with Gasteiger partial charge in [0.1, 0.15) is 23.3 Å². The number of carbonyl (C=O) groups is 1. The lowest BCUT2D eigenvalue weighted by Gasteiger charge is -2.38. The summed E-state index contributed by atoms with van der Waals surface area (Å²) in [6.45, 7) is 0.657. The number of nitrogens with zero attached hydrogens (tertiary/aromatic N) is 5. The fraction of sp³-hybridized carbons (Fsp3) is 0.250. The van der Waals surface area contributed by atoms with Crippen molar-refractivity contribution in [3.05, 3.63) is 82.8 Å². The van der Waals surface area contributed by atoms with Gasteiger partial charge in [0.05, 0.1) is 24.0 Å². The third-order valence-electron chi connectivity index (χ3n) is 6.17. The highest BCUT2D eigenvalue weighted by Crippen LogP contribution is 2.25. The van der Waals surface area contributed by atoms with Gasteiger partial charge in [-0.15, -0.1) is 0 Å². The molecule has 2 N–H and O–H groups in total. The van der Waals surface area contributed by atoms with E-state index in [2.05, 4.69) is 10.1 Å². The molecule has 0 radical (unpaired) electrons. The van der Waals surface area contributed by atoms with Crippen LogP contribution in [0.5, 0.6) is 5.75 Å². The van der Waals surface area contributed by atoms with Crippen molar-refractivity contribution in [3.8, 4) is 11.4 Å². The fourth-order valence-corrected chi connectivity index (χ4v) is 4.25. The Morgan fingerprint density at radius 2 is 1.85 bits per heavy atom. The summed E-state index contributed by atoms with van der Waals surface area (Å²) in [5, 5.41) is 25.4. The minimum absolute atomic E-state index is 0.0324. The molecule has 174 valence electrons. The van der Waals surface area contributed by atoms with Crippen molar-refractivity contribution in [3.63, 3.8) is 0 Å². The molecule has 4 aromatic rings. The molecule has 1 amide bonds. The van der Waals surface area contributed by atoms with Crippen LogP contribution in [0.15, 0.2) is 65.8 Å². The van der Waals surface area contributed by atoms with E-state index < -0.39 is 11.4 Å². The van der Waals surface area contributed by atoms with E-state index >= 15 is 0 Å². The van der Waals surface area contributed by atoms with Crippen molar-refractivity contribution in [2.75, 3.05) is 13.1 Å². The van der Waals surface area contributed by atoms with Crippen LogP contribution in [-0.2, 0) is 6.54 Å². The van der Waals surface area contributed by atoms with Gasteiger partial charge in [0, 0.05) is 24.7 Å². The molecule has 2 aromatic carbocycles. The van der Waals surface area contributed by atoms with Crippen LogP contribution in [-0.4, -0.2) is 59.0 Å². The summed E-state index contributed by atoms with van der Waals surface area (Å²) in [7, 11) is 0. The second-order valence-corrected chi connectivity index (χ2v) is 8.51. The van der Waals surface area contributed by atoms with Crippen molar-refractivity contribution >= 4 is 16.9 Å². The lowest BCUT2D eigenvalue weighted by atomic mass is 9.91. The maximum atomic E-state index is 13.1. The highest BCUT2D eigenvalue weighted by atomic mass is 19.1. The van der Waals surface area contributed by atoms with Crippen LogP contribution >= 0.6 is 0 Å². The molecule has 0 aliphatic carbocycles. The summed E-state index contributed by atoms with van der Waals surface area (Å²) in [4.78, 5) is 31.7. The number of amides is 1. The Morgan fingerprint density at radius 3 is 2.56 bits per heavy atom. The van der Waals surface area contributed by atoms with Crippen molar-refractivity contribution in [1.29, 1.82) is 0 Å². The number of rotatable bonds is 4. The van der Waals surface area contributed by atoms with Gasteiger partial charge in [-0.3, -0.25) is 14.2 Å². The van der Waals surface area contributed by atoms with Gasteiger partial charge in [-0.05, 0) is 49.2 Å². The van der Waals surface area contributed by atoms with Crippen molar-refractivity contribution in [2.24, 2.45) is 0 Å². The van der Waals surface area contributed by atoms with E-state index in [0.29, 0.717) is 35.4 Å². The molecule has 3 heterocycles. The molecular formula is C24H22FN5O4. The van der Waals surface area contributed by atoms with Gasteiger partial charge in [0.2, 0.25) is 0 Å². The molecule has 5 rings (SSSR count). The van der Waals surface area contributed by atoms with Crippen molar-refractivity contribution < 1.29 is 19.4 Å². The summed E-state index contributed by atoms with van der Waals surface area (Å²) in [6, 6.07) is 11.8. The van der Waals surface area contributed by atoms with Crippen molar-refractivity contribution in [2.45, 2.75) is 25.0 Å². The number of hydrogen-bond acceptors (Lipinski definition) is 6. The van der Waals surface area contributed by atoms with Crippen LogP contribution in [0.25, 0.3) is 16.7 Å². The molecule has 34 heavy (non-hydrogen) atoms. The Labute approximate surface area is 193 Å². The number of carbonyl (C=O) groups excluding carboxylic acids is 1. The maximum Gasteiger partial charge on any atom is 0.264 e. The summed E-state index contributed by atoms with van der Waals surface area (Å²) in [5.41, 5.74) is -0.217. The number of benzene rings is 2. The molecule has 0 atom stereocenters. The van der Waals surface area contributed by atoms with Gasteiger partial charge >= 0.3 is 0 Å². The first-order chi connectivity index (χ1) is 16.3. The molecule has 9 nitrogen and oxygen atoms in total. The summed E-state index contributed by atoms with van der Waals surface area (Å²) < 4.78 is 16.0. The number of hydrogen-bond donors (Lipinski definition) is 2. The van der Waals surface area contributed by atoms with E-state index in [4.69, 9.17) is 0 Å². The molecule has 1 aliphatic heterocycles. The average Bonchev–Trinajstić information content (AvgIpc) is 3.26. The smallest absolute Gasteiger partial charge is 0.264 e. The van der Waals surface area contributed by atoms with Gasteiger partial charge in [0.15, 0.2) is 5.65 Å². The highest BCUT2D eigenvalue weighted by Gasteiger charge is 2.35. The number of phenolic OH excluding ortho intramolecular Hbond substituents is 1. The van der Waals surface area contributed by atoms with Crippen LogP contribution in [0, 0.1) is 5.82 Å². The first-order valence-electron chi connectivity index (χ1n) is 10.8. The Morgan fingerprint density at radius 1 is 1.12 bits per heavy atom. The molecular weight excluding hydrogens is 441 g/mol. The van der Waals surface area contributed by atoms with Gasteiger partial charge in [-0.1, -0.05) is 6.07 Å². The lowest BCUT2D eigenvalue weighted by molar-refractivity contribution is -0.0299. The molecule has 0 saturated carbocycles. The van der Waals surface area contributed by atoms with Gasteiger partial charge in [0.25, 0.3) is 11.5 Å². The van der Waals surface area contributed by atoms with E-state index in [9.17, 15) is 24.2 Å². The second-order valence-electron chi connectivity index (χ2n) is 8.51. The predicted molar refractivity (Wildman–Crippen MR) is 121 cm³/mol. The van der Waals surface area contributed by atoms with Crippen LogP contribution in [0.2, 0.25) is 0 Å². The topological polar surface area (TPSA) is 113 Å². The van der Waals surface area contributed by atoms with Gasteiger partial charge in [-0.2, -0.15) is 5.10 Å². The third kappa shape index (κ3) is 4.03. The van der Waals surface area contributed by atoms with Crippen molar-refractivity contribution in [1.82, 2.24) is 24.2 Å². The summed E-state index contributed by atoms with van der Waals surface area (Å²) in [6.07, 6.45) is 3.36. The molecule has 1 aliphatic rings. The molecule has 10 heteroatoms. The van der Waals surface area contributed by atoms with Crippen LogP contribution < -0.4 is 5.56 Å². The van der Waals surface area contributed by atoms with E-state index in [1.165, 1.54) is 58.2 Å². The van der Waals surface area contributed by atoms with Crippen LogP contribution in [0.1, 0.15) is 23.2 Å². The molecule has 0 unspecified atom stereocenters. The molecule has 0 spiro atoms. The molecule has 1 fully saturated rings. The van der Waals surface area contributed by atoms with E-state index in [1.54, 1.807) is 17.0 Å². The number of likely N-dealkylation sites (tertiary alicyclic amines) is 1. The van der Waals surface area contributed by atoms with E-state index in [-0.39, 0.29) is 36.6 Å². The molecule has 1 saturated heterocycles. The van der Waals surface area contributed by atoms with E-state index in [0.717, 1.165) is 0 Å². The Balaban J connectivity index is 1.32. The van der Waals surface area contributed by atoms with Gasteiger partial charge in [-0.25, -0.2) is 14.1 Å². The zero-order valence-electron chi connectivity index (χ0n) is 18.1. The van der Waals surface area contributed by atoms with Crippen LogP contribution in [0.3, 0.4) is 0 Å². The van der Waals surface area contributed by atoms with E-state index in [1.807, 2.05) is 0 Å². The first-order valence-corrected chi connectivity index (χ1v) is 10.8. The molecule has 0 bridgehead atoms. The minimum Gasteiger partial charge on any atom is -0.508 e. The Bertz CT molecular complexity index is 1420. The lowest BCUT2D eigenvalue weighted by Crippen LogP contribution is -2.49. The fourth-order valence-electron chi connectivity index (χ4n) is 4.25. The number of piperidine rings is 1. The standard InChI is InChI=1S/C24H22FN5O4/c25-17-6-4-16(5-7-17)22(32)28-10-8-24(34,9-11-28)14-29-15-26-21-20(23(29)33)13-27-30(21)18-2-1-3-19(31)12-18/h1-7,12-13,15,31,34H,8-11,14H2. The summed E-state index contributed by atoms with van der Waals surface area (Å²) in [5.74, 6) is -0.560. The number of aromatic hydroxyl groups is 1. The number of aromatic nitrogens is 4. The average molecular weight is 463 g/mol. The molecule has 2 aromatic heterocycles. The Kier molecular flexibility index (Phi) is 5.37. The predicted octanol–water partition coefficient (Wildman–Crippen LogP) is 2.09. The quantitative estimate of drug-likeness (QED) is 0.479. The van der Waals surface area contributed by atoms with Crippen LogP contribution in [0.4, 0.5) is 4.39 Å². The highest BCUT2D eigenvalue weighted by molar-refractivity contribution is 5.94. The Hall–Kier alpha value is -4.05.